The summed E-state index contributed by atoms with van der Waals surface area (Å²) in [6, 6.07) is 0. The third-order valence-corrected chi connectivity index (χ3v) is 8.42. The lowest BCUT2D eigenvalue weighted by Gasteiger charge is -2.62. The lowest BCUT2D eigenvalue weighted by atomic mass is 9.45. The number of aliphatic hydroxyl groups excluding tert-OH is 1. The van der Waals surface area contributed by atoms with Gasteiger partial charge in [-0.15, -0.1) is 12.8 Å². The zero-order chi connectivity index (χ0) is 22.6. The molecule has 3 fully saturated rings. The Morgan fingerprint density at radius 3 is 2.50 bits per heavy atom. The molecule has 1 N–H and O–H groups in total. The molecule has 4 rings (SSSR count). The molecule has 4 aliphatic carbocycles. The minimum atomic E-state index is -2.09. The van der Waals surface area contributed by atoms with Crippen molar-refractivity contribution in [2.45, 2.75) is 58.0 Å². The van der Waals surface area contributed by atoms with Crippen LogP contribution < -0.4 is 0 Å². The van der Waals surface area contributed by atoms with Gasteiger partial charge in [-0.2, -0.15) is 0 Å². The number of terminal acetylenes is 1. The van der Waals surface area contributed by atoms with Gasteiger partial charge in [-0.25, -0.2) is 8.78 Å². The van der Waals surface area contributed by atoms with Crippen LogP contribution in [0.5, 0.6) is 0 Å². The van der Waals surface area contributed by atoms with Gasteiger partial charge in [0.1, 0.15) is 6.17 Å². The first-order valence-corrected chi connectivity index (χ1v) is 10.4. The van der Waals surface area contributed by atoms with Crippen molar-refractivity contribution in [3.8, 4) is 12.8 Å². The summed E-state index contributed by atoms with van der Waals surface area (Å²) in [7, 11) is 1.34. The highest BCUT2D eigenvalue weighted by Gasteiger charge is 2.73. The summed E-state index contributed by atoms with van der Waals surface area (Å²) in [6.07, 6.45) is 9.69. The van der Waals surface area contributed by atoms with E-state index in [1.807, 2.05) is 13.8 Å². The molecule has 0 amide bonds. The maximum atomic E-state index is 16.8. The van der Waals surface area contributed by atoms with Gasteiger partial charge in [-0.1, -0.05) is 19.9 Å². The highest BCUT2D eigenvalue weighted by atomic mass is 19.1. The van der Waals surface area contributed by atoms with Gasteiger partial charge in [0.15, 0.2) is 11.5 Å². The normalized spacial score (nSPS) is 49.0. The largest absolute Gasteiger partial charge is 0.469 e. The van der Waals surface area contributed by atoms with Crippen LogP contribution in [0.3, 0.4) is 0 Å². The third kappa shape index (κ3) is 2.67. The molecular formula is C24H30F2O4. The first-order valence-electron chi connectivity index (χ1n) is 10.4. The van der Waals surface area contributed by atoms with Gasteiger partial charge >= 0.3 is 5.97 Å². The Kier molecular flexibility index (Phi) is 5.52. The van der Waals surface area contributed by atoms with Crippen LogP contribution in [0.4, 0.5) is 8.78 Å². The van der Waals surface area contributed by atoms with E-state index in [1.54, 1.807) is 6.92 Å². The summed E-state index contributed by atoms with van der Waals surface area (Å²) in [5.41, 5.74) is -4.00. The average molecular weight is 420 g/mol. The molecule has 3 unspecified atom stereocenters. The van der Waals surface area contributed by atoms with Crippen LogP contribution in [0.15, 0.2) is 23.8 Å². The SMILES string of the molecule is C#C.COC(=O)[C@H]1[C@H](C)CC2C3C[C@H](F)C4=CC(=O)C=C[C@]4(C)[C@@]3(F)C(O)C[C@@]21C. The molecule has 0 spiro atoms. The number of carbonyl (C=O) groups is 2. The molecule has 4 aliphatic rings. The first kappa shape index (κ1) is 22.7. The Bertz CT molecular complexity index is 832. The second kappa shape index (κ2) is 7.30. The Labute approximate surface area is 176 Å². The summed E-state index contributed by atoms with van der Waals surface area (Å²) in [5.74, 6) is -2.18. The fourth-order valence-corrected chi connectivity index (χ4v) is 7.20. The van der Waals surface area contributed by atoms with E-state index in [-0.39, 0.29) is 42.0 Å². The minimum Gasteiger partial charge on any atom is -0.469 e. The van der Waals surface area contributed by atoms with Crippen molar-refractivity contribution in [2.24, 2.45) is 34.5 Å². The van der Waals surface area contributed by atoms with Crippen molar-refractivity contribution in [3.63, 3.8) is 0 Å². The number of rotatable bonds is 1. The average Bonchev–Trinajstić information content (AvgIpc) is 2.97. The molecule has 0 heterocycles. The lowest BCUT2D eigenvalue weighted by Crippen LogP contribution is -2.68. The number of methoxy groups -OCH3 is 1. The maximum Gasteiger partial charge on any atom is 0.309 e. The second-order valence-corrected chi connectivity index (χ2v) is 9.66. The Balaban J connectivity index is 0.00000124. The summed E-state index contributed by atoms with van der Waals surface area (Å²) in [5, 5.41) is 11.1. The molecule has 0 aromatic heterocycles. The minimum absolute atomic E-state index is 0.0386. The zero-order valence-electron chi connectivity index (χ0n) is 17.9. The van der Waals surface area contributed by atoms with Crippen LogP contribution in [-0.4, -0.2) is 41.9 Å². The van der Waals surface area contributed by atoms with Gasteiger partial charge in [0.25, 0.3) is 0 Å². The van der Waals surface area contributed by atoms with E-state index in [9.17, 15) is 14.7 Å². The molecule has 6 heteroatoms. The molecule has 0 aliphatic heterocycles. The van der Waals surface area contributed by atoms with E-state index >= 15 is 8.78 Å². The highest BCUT2D eigenvalue weighted by Crippen LogP contribution is 2.70. The Morgan fingerprint density at radius 1 is 1.27 bits per heavy atom. The van der Waals surface area contributed by atoms with Crippen LogP contribution in [0.1, 0.15) is 40.0 Å². The second-order valence-electron chi connectivity index (χ2n) is 9.66. The number of ketones is 1. The monoisotopic (exact) mass is 420 g/mol. The molecule has 0 aromatic rings. The Hall–Kier alpha value is -2.00. The molecular weight excluding hydrogens is 390 g/mol. The predicted octanol–water partition coefficient (Wildman–Crippen LogP) is 3.59. The number of halogens is 2. The Morgan fingerprint density at radius 2 is 1.90 bits per heavy atom. The molecule has 0 aromatic carbocycles. The number of fused-ring (bicyclic) bond motifs is 5. The van der Waals surface area contributed by atoms with Gasteiger partial charge in [0, 0.05) is 11.3 Å². The van der Waals surface area contributed by atoms with Crippen molar-refractivity contribution in [2.75, 3.05) is 7.11 Å². The smallest absolute Gasteiger partial charge is 0.309 e. The summed E-state index contributed by atoms with van der Waals surface area (Å²) in [6.45, 7) is 5.44. The van der Waals surface area contributed by atoms with Crippen LogP contribution in [-0.2, 0) is 14.3 Å². The number of hydrogen-bond acceptors (Lipinski definition) is 4. The van der Waals surface area contributed by atoms with Crippen molar-refractivity contribution >= 4 is 11.8 Å². The number of carbonyl (C=O) groups excluding carboxylic acids is 2. The van der Waals surface area contributed by atoms with Gasteiger partial charge in [0.05, 0.1) is 19.1 Å². The molecule has 0 bridgehead atoms. The first-order chi connectivity index (χ1) is 14.0. The fourth-order valence-electron chi connectivity index (χ4n) is 7.20. The van der Waals surface area contributed by atoms with E-state index in [2.05, 4.69) is 12.8 Å². The topological polar surface area (TPSA) is 63.6 Å². The molecule has 164 valence electrons. The van der Waals surface area contributed by atoms with E-state index in [4.69, 9.17) is 4.74 Å². The fraction of sp³-hybridized carbons (Fsp3) is 0.667. The predicted molar refractivity (Wildman–Crippen MR) is 109 cm³/mol. The molecule has 0 radical (unpaired) electrons. The number of esters is 1. The van der Waals surface area contributed by atoms with Crippen LogP contribution in [0.2, 0.25) is 0 Å². The highest BCUT2D eigenvalue weighted by molar-refractivity contribution is 6.01. The van der Waals surface area contributed by atoms with Gasteiger partial charge < -0.3 is 9.84 Å². The van der Waals surface area contributed by atoms with Crippen LogP contribution in [0.25, 0.3) is 0 Å². The molecule has 9 atom stereocenters. The quantitative estimate of drug-likeness (QED) is 0.520. The van der Waals surface area contributed by atoms with E-state index in [1.165, 1.54) is 25.3 Å². The van der Waals surface area contributed by atoms with Gasteiger partial charge in [0.2, 0.25) is 0 Å². The van der Waals surface area contributed by atoms with Crippen molar-refractivity contribution in [3.05, 3.63) is 23.8 Å². The molecule has 30 heavy (non-hydrogen) atoms. The number of hydrogen-bond donors (Lipinski definition) is 1. The van der Waals surface area contributed by atoms with Gasteiger partial charge in [-0.3, -0.25) is 9.59 Å². The summed E-state index contributed by atoms with van der Waals surface area (Å²) < 4.78 is 37.1. The van der Waals surface area contributed by atoms with E-state index in [0.29, 0.717) is 6.42 Å². The molecule has 3 saturated carbocycles. The molecule has 0 saturated heterocycles. The van der Waals surface area contributed by atoms with E-state index < -0.39 is 40.6 Å². The van der Waals surface area contributed by atoms with E-state index in [0.717, 1.165) is 0 Å². The summed E-state index contributed by atoms with van der Waals surface area (Å²) >= 11 is 0. The van der Waals surface area contributed by atoms with Crippen molar-refractivity contribution in [1.82, 2.24) is 0 Å². The number of allylic oxidation sites excluding steroid dienone is 4. The number of alkyl halides is 2. The van der Waals surface area contributed by atoms with Crippen LogP contribution in [0, 0.1) is 47.3 Å². The van der Waals surface area contributed by atoms with Crippen molar-refractivity contribution < 1.29 is 28.2 Å². The standard InChI is InChI=1S/C22H28F2O4.C2H2/c1-11-7-13-14-9-16(23)15-8-12(25)5-6-21(15,3)22(14,24)17(26)10-20(13,2)18(11)19(27)28-4;1-2/h5-6,8,11,13-14,16-18,26H,7,9-10H2,1-4H3;1-2H/t11-,13?,14?,16+,17?,18-,20+,21+,22+;/m1./s1. The number of aliphatic hydroxyl groups is 1. The lowest BCUT2D eigenvalue weighted by molar-refractivity contribution is -0.204. The summed E-state index contributed by atoms with van der Waals surface area (Å²) in [4.78, 5) is 24.3. The molecule has 4 nitrogen and oxygen atoms in total. The van der Waals surface area contributed by atoms with Crippen LogP contribution >= 0.6 is 0 Å². The van der Waals surface area contributed by atoms with Gasteiger partial charge in [-0.05, 0) is 61.2 Å². The third-order valence-electron chi connectivity index (χ3n) is 8.42. The zero-order valence-corrected chi connectivity index (χ0v) is 17.9. The number of ether oxygens (including phenoxy) is 1. The van der Waals surface area contributed by atoms with Crippen molar-refractivity contribution in [1.29, 1.82) is 0 Å². The maximum absolute atomic E-state index is 16.8.